The third kappa shape index (κ3) is 2.92. The van der Waals surface area contributed by atoms with Crippen molar-refractivity contribution in [3.63, 3.8) is 0 Å². The molecule has 8 rings (SSSR count). The molecule has 0 fully saturated rings. The monoisotopic (exact) mass is 511 g/mol. The van der Waals surface area contributed by atoms with Gasteiger partial charge in [-0.2, -0.15) is 0 Å². The van der Waals surface area contributed by atoms with Crippen molar-refractivity contribution in [1.82, 2.24) is 4.57 Å². The molecule has 40 heavy (non-hydrogen) atoms. The lowest BCUT2D eigenvalue weighted by molar-refractivity contribution is 0.748. The van der Waals surface area contributed by atoms with Gasteiger partial charge in [0.2, 0.25) is 0 Å². The van der Waals surface area contributed by atoms with Gasteiger partial charge in [0.1, 0.15) is 0 Å². The van der Waals surface area contributed by atoms with E-state index in [1.807, 2.05) is 0 Å². The van der Waals surface area contributed by atoms with Gasteiger partial charge < -0.3 is 4.57 Å². The summed E-state index contributed by atoms with van der Waals surface area (Å²) in [6, 6.07) is 51.5. The molecular formula is C39H29N. The molecule has 7 aromatic rings. The smallest absolute Gasteiger partial charge is 0.0739 e. The lowest BCUT2D eigenvalue weighted by atomic mass is 9.65. The molecule has 0 amide bonds. The largest absolute Gasteiger partial charge is 0.309 e. The van der Waals surface area contributed by atoms with Crippen LogP contribution in [0.25, 0.3) is 38.6 Å². The topological polar surface area (TPSA) is 4.93 Å². The summed E-state index contributed by atoms with van der Waals surface area (Å²) >= 11 is 0. The average molecular weight is 512 g/mol. The van der Waals surface area contributed by atoms with Gasteiger partial charge in [-0.1, -0.05) is 121 Å². The first-order chi connectivity index (χ1) is 19.7. The lowest BCUT2D eigenvalue weighted by Gasteiger charge is -2.37. The second-order valence-electron chi connectivity index (χ2n) is 11.0. The molecule has 0 saturated heterocycles. The van der Waals surface area contributed by atoms with Gasteiger partial charge in [0.15, 0.2) is 0 Å². The van der Waals surface area contributed by atoms with Crippen LogP contribution in [-0.2, 0) is 5.41 Å². The Hall–Kier alpha value is -4.88. The van der Waals surface area contributed by atoms with Crippen LogP contribution in [-0.4, -0.2) is 4.57 Å². The van der Waals surface area contributed by atoms with Crippen LogP contribution in [0, 0.1) is 13.8 Å². The van der Waals surface area contributed by atoms with E-state index in [1.165, 1.54) is 72.0 Å². The molecular weight excluding hydrogens is 482 g/mol. The molecule has 190 valence electrons. The summed E-state index contributed by atoms with van der Waals surface area (Å²) in [7, 11) is 0. The zero-order valence-corrected chi connectivity index (χ0v) is 22.7. The summed E-state index contributed by atoms with van der Waals surface area (Å²) in [6.07, 6.45) is 0. The SMILES string of the molecule is Cc1ccccc1C1(c2ccccc2C)c2ccccc2-c2cccc(-n3c4ccccc4c4ccccc43)c21. The molecule has 0 bridgehead atoms. The third-order valence-electron chi connectivity index (χ3n) is 8.96. The summed E-state index contributed by atoms with van der Waals surface area (Å²) in [5.41, 5.74) is 13.8. The quantitative estimate of drug-likeness (QED) is 0.222. The Kier molecular flexibility index (Phi) is 4.93. The van der Waals surface area contributed by atoms with Gasteiger partial charge in [-0.3, -0.25) is 0 Å². The number of rotatable bonds is 3. The normalized spacial score (nSPS) is 13.4. The van der Waals surface area contributed by atoms with Crippen LogP contribution in [0.4, 0.5) is 0 Å². The van der Waals surface area contributed by atoms with Gasteiger partial charge in [-0.25, -0.2) is 0 Å². The minimum absolute atomic E-state index is 0.467. The molecule has 1 heterocycles. The van der Waals surface area contributed by atoms with Gasteiger partial charge in [0.05, 0.1) is 22.1 Å². The lowest BCUT2D eigenvalue weighted by Crippen LogP contribution is -2.31. The number of benzene rings is 6. The van der Waals surface area contributed by atoms with Crippen LogP contribution in [0.1, 0.15) is 33.4 Å². The van der Waals surface area contributed by atoms with E-state index in [0.29, 0.717) is 0 Å². The van der Waals surface area contributed by atoms with E-state index in [-0.39, 0.29) is 0 Å². The first kappa shape index (κ1) is 23.0. The number of fused-ring (bicyclic) bond motifs is 6. The summed E-state index contributed by atoms with van der Waals surface area (Å²) in [5.74, 6) is 0. The maximum atomic E-state index is 2.50. The van der Waals surface area contributed by atoms with Gasteiger partial charge in [0, 0.05) is 16.3 Å². The Morgan fingerprint density at radius 1 is 0.425 bits per heavy atom. The van der Waals surface area contributed by atoms with Gasteiger partial charge in [-0.05, 0) is 71.0 Å². The van der Waals surface area contributed by atoms with Crippen molar-refractivity contribution in [1.29, 1.82) is 0 Å². The highest BCUT2D eigenvalue weighted by molar-refractivity contribution is 6.09. The molecule has 1 aromatic heterocycles. The highest BCUT2D eigenvalue weighted by atomic mass is 15.0. The Bertz CT molecular complexity index is 1990. The Labute approximate surface area is 235 Å². The maximum Gasteiger partial charge on any atom is 0.0739 e. The molecule has 1 aliphatic carbocycles. The van der Waals surface area contributed by atoms with E-state index in [1.54, 1.807) is 0 Å². The number of hydrogen-bond donors (Lipinski definition) is 0. The number of para-hydroxylation sites is 2. The fourth-order valence-corrected chi connectivity index (χ4v) is 7.40. The average Bonchev–Trinajstić information content (AvgIpc) is 3.49. The standard InChI is InChI=1S/C39H29N/c1-26-14-3-8-20-32(26)39(33-21-9-4-15-27(33)2)34-22-10-5-16-28(34)31-19-13-25-37(38(31)39)40-35-23-11-6-17-29(35)30-18-7-12-24-36(30)40/h3-25H,1-2H3. The third-order valence-corrected chi connectivity index (χ3v) is 8.96. The van der Waals surface area contributed by atoms with Crippen LogP contribution in [0.2, 0.25) is 0 Å². The second kappa shape index (κ2) is 8.56. The van der Waals surface area contributed by atoms with E-state index in [4.69, 9.17) is 0 Å². The fourth-order valence-electron chi connectivity index (χ4n) is 7.40. The molecule has 1 heteroatoms. The van der Waals surface area contributed by atoms with Crippen molar-refractivity contribution in [2.75, 3.05) is 0 Å². The molecule has 0 atom stereocenters. The van der Waals surface area contributed by atoms with Crippen molar-refractivity contribution < 1.29 is 0 Å². The predicted molar refractivity (Wildman–Crippen MR) is 168 cm³/mol. The van der Waals surface area contributed by atoms with Crippen LogP contribution in [0.15, 0.2) is 140 Å². The first-order valence-electron chi connectivity index (χ1n) is 14.1. The van der Waals surface area contributed by atoms with Crippen molar-refractivity contribution in [3.8, 4) is 16.8 Å². The minimum Gasteiger partial charge on any atom is -0.309 e. The van der Waals surface area contributed by atoms with E-state index < -0.39 is 5.41 Å². The molecule has 1 nitrogen and oxygen atoms in total. The first-order valence-corrected chi connectivity index (χ1v) is 14.1. The van der Waals surface area contributed by atoms with Gasteiger partial charge in [-0.15, -0.1) is 0 Å². The van der Waals surface area contributed by atoms with Crippen LogP contribution in [0.5, 0.6) is 0 Å². The Morgan fingerprint density at radius 3 is 1.50 bits per heavy atom. The summed E-state index contributed by atoms with van der Waals surface area (Å²) < 4.78 is 2.50. The maximum absolute atomic E-state index is 2.50. The Balaban J connectivity index is 1.63. The predicted octanol–water partition coefficient (Wildman–Crippen LogP) is 9.76. The number of aromatic nitrogens is 1. The number of hydrogen-bond acceptors (Lipinski definition) is 0. The molecule has 0 unspecified atom stereocenters. The van der Waals surface area contributed by atoms with Gasteiger partial charge in [0.25, 0.3) is 0 Å². The fraction of sp³-hybridized carbons (Fsp3) is 0.0769. The molecule has 0 spiro atoms. The molecule has 0 N–H and O–H groups in total. The van der Waals surface area contributed by atoms with Crippen LogP contribution in [0.3, 0.4) is 0 Å². The van der Waals surface area contributed by atoms with E-state index in [9.17, 15) is 0 Å². The highest BCUT2D eigenvalue weighted by Crippen LogP contribution is 2.59. The van der Waals surface area contributed by atoms with E-state index in [0.717, 1.165) is 0 Å². The van der Waals surface area contributed by atoms with Crippen molar-refractivity contribution >= 4 is 21.8 Å². The number of nitrogens with zero attached hydrogens (tertiary/aromatic N) is 1. The van der Waals surface area contributed by atoms with Crippen molar-refractivity contribution in [2.45, 2.75) is 19.3 Å². The number of aryl methyl sites for hydroxylation is 2. The minimum atomic E-state index is -0.467. The van der Waals surface area contributed by atoms with Crippen LogP contribution >= 0.6 is 0 Å². The van der Waals surface area contributed by atoms with E-state index in [2.05, 4.69) is 158 Å². The molecule has 0 saturated carbocycles. The molecule has 1 aliphatic rings. The highest BCUT2D eigenvalue weighted by Gasteiger charge is 2.49. The molecule has 6 aromatic carbocycles. The zero-order chi connectivity index (χ0) is 26.8. The zero-order valence-electron chi connectivity index (χ0n) is 22.7. The molecule has 0 radical (unpaired) electrons. The molecule has 0 aliphatic heterocycles. The van der Waals surface area contributed by atoms with Crippen molar-refractivity contribution in [2.24, 2.45) is 0 Å². The Morgan fingerprint density at radius 2 is 0.900 bits per heavy atom. The van der Waals surface area contributed by atoms with Gasteiger partial charge >= 0.3 is 0 Å². The van der Waals surface area contributed by atoms with Crippen molar-refractivity contribution in [3.05, 3.63) is 173 Å². The second-order valence-corrected chi connectivity index (χ2v) is 11.0. The summed E-state index contributed by atoms with van der Waals surface area (Å²) in [5, 5.41) is 2.56. The summed E-state index contributed by atoms with van der Waals surface area (Å²) in [4.78, 5) is 0. The van der Waals surface area contributed by atoms with E-state index >= 15 is 0 Å². The van der Waals surface area contributed by atoms with Crippen LogP contribution < -0.4 is 0 Å². The summed E-state index contributed by atoms with van der Waals surface area (Å²) in [6.45, 7) is 4.53.